The summed E-state index contributed by atoms with van der Waals surface area (Å²) < 4.78 is 7.36. The van der Waals surface area contributed by atoms with Crippen molar-refractivity contribution in [2.24, 2.45) is 5.92 Å². The van der Waals surface area contributed by atoms with E-state index in [1.807, 2.05) is 34.9 Å². The van der Waals surface area contributed by atoms with Crippen LogP contribution in [0, 0.1) is 5.92 Å². The Bertz CT molecular complexity index is 1070. The van der Waals surface area contributed by atoms with Gasteiger partial charge in [-0.05, 0) is 42.2 Å². The standard InChI is InChI=1S/C23H26Cl2N4O2S/c1-15(2)13-29-22(18-9-8-17(24)12-19(18)25)27-28-23(29)32-14-21(30)26-11-10-16-6-4-5-7-20(16)31-3/h4-9,12,15H,10-11,13-14H2,1-3H3,(H,26,30). The summed E-state index contributed by atoms with van der Waals surface area (Å²) in [6.45, 7) is 5.47. The maximum atomic E-state index is 12.4. The number of para-hydroxylation sites is 1. The van der Waals surface area contributed by atoms with Crippen LogP contribution < -0.4 is 10.1 Å². The number of thioether (sulfide) groups is 1. The summed E-state index contributed by atoms with van der Waals surface area (Å²) in [6, 6.07) is 13.1. The molecule has 9 heteroatoms. The van der Waals surface area contributed by atoms with Crippen LogP contribution in [0.4, 0.5) is 0 Å². The number of carbonyl (C=O) groups is 1. The number of rotatable bonds is 10. The number of amides is 1. The van der Waals surface area contributed by atoms with Gasteiger partial charge in [-0.2, -0.15) is 0 Å². The van der Waals surface area contributed by atoms with E-state index in [1.54, 1.807) is 19.2 Å². The number of nitrogens with zero attached hydrogens (tertiary/aromatic N) is 3. The lowest BCUT2D eigenvalue weighted by Gasteiger charge is -2.13. The normalized spacial score (nSPS) is 11.1. The molecule has 0 spiro atoms. The van der Waals surface area contributed by atoms with Gasteiger partial charge in [-0.25, -0.2) is 0 Å². The van der Waals surface area contributed by atoms with Crippen molar-refractivity contribution in [2.75, 3.05) is 19.4 Å². The lowest BCUT2D eigenvalue weighted by atomic mass is 10.1. The topological polar surface area (TPSA) is 69.0 Å². The Morgan fingerprint density at radius 2 is 1.97 bits per heavy atom. The molecule has 2 aromatic carbocycles. The Morgan fingerprint density at radius 1 is 1.19 bits per heavy atom. The van der Waals surface area contributed by atoms with Gasteiger partial charge in [0.2, 0.25) is 5.91 Å². The first-order chi connectivity index (χ1) is 15.4. The Labute approximate surface area is 202 Å². The van der Waals surface area contributed by atoms with Crippen LogP contribution in [-0.4, -0.2) is 40.1 Å². The highest BCUT2D eigenvalue weighted by Gasteiger charge is 2.18. The summed E-state index contributed by atoms with van der Waals surface area (Å²) in [5.41, 5.74) is 1.82. The summed E-state index contributed by atoms with van der Waals surface area (Å²) >= 11 is 13.8. The lowest BCUT2D eigenvalue weighted by molar-refractivity contribution is -0.118. The van der Waals surface area contributed by atoms with Gasteiger partial charge in [0.1, 0.15) is 5.75 Å². The minimum Gasteiger partial charge on any atom is -0.496 e. The van der Waals surface area contributed by atoms with Crippen LogP contribution in [0.2, 0.25) is 10.0 Å². The van der Waals surface area contributed by atoms with Crippen LogP contribution in [0.5, 0.6) is 5.75 Å². The molecule has 0 saturated heterocycles. The van der Waals surface area contributed by atoms with E-state index in [0.29, 0.717) is 46.5 Å². The van der Waals surface area contributed by atoms with Gasteiger partial charge in [-0.15, -0.1) is 10.2 Å². The molecule has 0 bridgehead atoms. The van der Waals surface area contributed by atoms with Crippen molar-refractivity contribution in [1.82, 2.24) is 20.1 Å². The van der Waals surface area contributed by atoms with Crippen LogP contribution in [-0.2, 0) is 17.8 Å². The van der Waals surface area contributed by atoms with Crippen LogP contribution in [0.25, 0.3) is 11.4 Å². The van der Waals surface area contributed by atoms with Crippen molar-refractivity contribution in [3.63, 3.8) is 0 Å². The molecular weight excluding hydrogens is 467 g/mol. The fourth-order valence-corrected chi connectivity index (χ4v) is 4.49. The van der Waals surface area contributed by atoms with E-state index in [9.17, 15) is 4.79 Å². The molecule has 0 atom stereocenters. The van der Waals surface area contributed by atoms with Gasteiger partial charge in [0.25, 0.3) is 0 Å². The molecule has 0 radical (unpaired) electrons. The fourth-order valence-electron chi connectivity index (χ4n) is 3.22. The molecule has 0 aliphatic heterocycles. The van der Waals surface area contributed by atoms with E-state index < -0.39 is 0 Å². The van der Waals surface area contributed by atoms with Crippen molar-refractivity contribution >= 4 is 40.9 Å². The second-order valence-electron chi connectivity index (χ2n) is 7.64. The van der Waals surface area contributed by atoms with Gasteiger partial charge in [-0.1, -0.05) is 67.0 Å². The van der Waals surface area contributed by atoms with Crippen LogP contribution in [0.3, 0.4) is 0 Å². The summed E-state index contributed by atoms with van der Waals surface area (Å²) in [5, 5.41) is 13.4. The monoisotopic (exact) mass is 492 g/mol. The van der Waals surface area contributed by atoms with Gasteiger partial charge in [-0.3, -0.25) is 4.79 Å². The van der Waals surface area contributed by atoms with Crippen molar-refractivity contribution in [3.8, 4) is 17.1 Å². The first-order valence-electron chi connectivity index (χ1n) is 10.3. The summed E-state index contributed by atoms with van der Waals surface area (Å²) in [7, 11) is 1.65. The maximum absolute atomic E-state index is 12.4. The molecule has 3 aromatic rings. The molecule has 0 aliphatic rings. The number of carbonyl (C=O) groups excluding carboxylic acids is 1. The largest absolute Gasteiger partial charge is 0.496 e. The van der Waals surface area contributed by atoms with E-state index >= 15 is 0 Å². The van der Waals surface area contributed by atoms with E-state index in [4.69, 9.17) is 27.9 Å². The van der Waals surface area contributed by atoms with Gasteiger partial charge in [0.15, 0.2) is 11.0 Å². The zero-order chi connectivity index (χ0) is 23.1. The van der Waals surface area contributed by atoms with Gasteiger partial charge < -0.3 is 14.6 Å². The number of aromatic nitrogens is 3. The molecule has 1 N–H and O–H groups in total. The average Bonchev–Trinajstić information content (AvgIpc) is 3.14. The predicted molar refractivity (Wildman–Crippen MR) is 131 cm³/mol. The number of halogens is 2. The summed E-state index contributed by atoms with van der Waals surface area (Å²) in [6.07, 6.45) is 0.698. The van der Waals surface area contributed by atoms with Crippen molar-refractivity contribution in [2.45, 2.75) is 32.0 Å². The molecule has 6 nitrogen and oxygen atoms in total. The van der Waals surface area contributed by atoms with Crippen molar-refractivity contribution in [3.05, 3.63) is 58.1 Å². The number of benzene rings is 2. The average molecular weight is 493 g/mol. The molecule has 0 fully saturated rings. The molecule has 170 valence electrons. The third-order valence-corrected chi connectivity index (χ3v) is 6.19. The molecule has 3 rings (SSSR count). The zero-order valence-corrected chi connectivity index (χ0v) is 20.6. The Kier molecular flexibility index (Phi) is 8.84. The van der Waals surface area contributed by atoms with Crippen LogP contribution >= 0.6 is 35.0 Å². The molecule has 32 heavy (non-hydrogen) atoms. The van der Waals surface area contributed by atoms with Gasteiger partial charge in [0, 0.05) is 23.7 Å². The quantitative estimate of drug-likeness (QED) is 0.385. The van der Waals surface area contributed by atoms with Crippen LogP contribution in [0.15, 0.2) is 47.6 Å². The van der Waals surface area contributed by atoms with Crippen molar-refractivity contribution in [1.29, 1.82) is 0 Å². The van der Waals surface area contributed by atoms with Crippen LogP contribution in [0.1, 0.15) is 19.4 Å². The van der Waals surface area contributed by atoms with E-state index in [-0.39, 0.29) is 11.7 Å². The summed E-state index contributed by atoms with van der Waals surface area (Å²) in [5.74, 6) is 2.04. The second-order valence-corrected chi connectivity index (χ2v) is 9.42. The van der Waals surface area contributed by atoms with Gasteiger partial charge in [0.05, 0.1) is 17.9 Å². The molecule has 0 saturated carbocycles. The van der Waals surface area contributed by atoms with E-state index in [2.05, 4.69) is 29.4 Å². The Hall–Kier alpha value is -2.22. The SMILES string of the molecule is COc1ccccc1CCNC(=O)CSc1nnc(-c2ccc(Cl)cc2Cl)n1CC(C)C. The number of methoxy groups -OCH3 is 1. The van der Waals surface area contributed by atoms with Crippen molar-refractivity contribution < 1.29 is 9.53 Å². The number of hydrogen-bond acceptors (Lipinski definition) is 5. The molecule has 0 aliphatic carbocycles. The predicted octanol–water partition coefficient (Wildman–Crippen LogP) is 5.37. The highest BCUT2D eigenvalue weighted by atomic mass is 35.5. The molecular formula is C23H26Cl2N4O2S. The molecule has 1 heterocycles. The summed E-state index contributed by atoms with van der Waals surface area (Å²) in [4.78, 5) is 12.4. The third-order valence-electron chi connectivity index (χ3n) is 4.68. The lowest BCUT2D eigenvalue weighted by Crippen LogP contribution is -2.27. The highest BCUT2D eigenvalue weighted by Crippen LogP contribution is 2.32. The smallest absolute Gasteiger partial charge is 0.230 e. The maximum Gasteiger partial charge on any atom is 0.230 e. The van der Waals surface area contributed by atoms with E-state index in [1.165, 1.54) is 11.8 Å². The van der Waals surface area contributed by atoms with E-state index in [0.717, 1.165) is 16.9 Å². The second kappa shape index (κ2) is 11.6. The fraction of sp³-hybridized carbons (Fsp3) is 0.348. The minimum atomic E-state index is -0.0601. The number of nitrogens with one attached hydrogen (secondary N) is 1. The Balaban J connectivity index is 1.64. The highest BCUT2D eigenvalue weighted by molar-refractivity contribution is 7.99. The third kappa shape index (κ3) is 6.40. The van der Waals surface area contributed by atoms with Gasteiger partial charge >= 0.3 is 0 Å². The first kappa shape index (κ1) is 24.4. The molecule has 1 amide bonds. The zero-order valence-electron chi connectivity index (χ0n) is 18.3. The molecule has 1 aromatic heterocycles. The minimum absolute atomic E-state index is 0.0601. The first-order valence-corrected chi connectivity index (χ1v) is 12.0. The number of hydrogen-bond donors (Lipinski definition) is 1. The molecule has 0 unspecified atom stereocenters. The number of ether oxygens (including phenoxy) is 1. The Morgan fingerprint density at radius 3 is 2.69 bits per heavy atom.